The van der Waals surface area contributed by atoms with Crippen molar-refractivity contribution >= 4 is 17.8 Å². The van der Waals surface area contributed by atoms with Gasteiger partial charge in [0, 0.05) is 54.8 Å². The Hall–Kier alpha value is -3.95. The lowest BCUT2D eigenvalue weighted by molar-refractivity contribution is -0.124. The third-order valence-electron chi connectivity index (χ3n) is 11.4. The molecule has 0 atom stereocenters. The maximum atomic E-state index is 14.4. The molecule has 3 aromatic heterocycles. The van der Waals surface area contributed by atoms with Crippen LogP contribution in [0.25, 0.3) is 11.3 Å². The van der Waals surface area contributed by atoms with Crippen molar-refractivity contribution in [1.29, 1.82) is 0 Å². The number of aromatic nitrogens is 3. The fourth-order valence-electron chi connectivity index (χ4n) is 7.82. The third kappa shape index (κ3) is 7.63. The van der Waals surface area contributed by atoms with Gasteiger partial charge in [-0.1, -0.05) is 13.8 Å². The molecule has 3 saturated carbocycles. The molecule has 262 valence electrons. The van der Waals surface area contributed by atoms with E-state index in [0.29, 0.717) is 67.6 Å². The van der Waals surface area contributed by atoms with E-state index in [1.54, 1.807) is 19.6 Å². The number of carbonyl (C=O) groups excluding carboxylic acids is 2. The van der Waals surface area contributed by atoms with Gasteiger partial charge in [0.2, 0.25) is 5.91 Å². The van der Waals surface area contributed by atoms with Crippen LogP contribution in [-0.2, 0) is 9.53 Å². The molecular formula is C39H51N5O5. The van der Waals surface area contributed by atoms with Crippen molar-refractivity contribution in [2.45, 2.75) is 103 Å². The van der Waals surface area contributed by atoms with Gasteiger partial charge in [0.15, 0.2) is 5.89 Å². The average Bonchev–Trinajstić information content (AvgIpc) is 3.82. The largest absolute Gasteiger partial charge is 0.495 e. The van der Waals surface area contributed by atoms with Crippen LogP contribution in [0.15, 0.2) is 41.1 Å². The minimum atomic E-state index is -0.206. The number of oxazole rings is 1. The number of likely N-dealkylation sites (tertiary alicyclic amines) is 1. The molecule has 0 unspecified atom stereocenters. The van der Waals surface area contributed by atoms with Gasteiger partial charge in [-0.3, -0.25) is 14.7 Å². The maximum Gasteiger partial charge on any atom is 0.410 e. The van der Waals surface area contributed by atoms with Gasteiger partial charge < -0.3 is 18.8 Å². The number of carbonyl (C=O) groups is 2. The highest BCUT2D eigenvalue weighted by molar-refractivity contribution is 5.94. The van der Waals surface area contributed by atoms with E-state index in [0.717, 1.165) is 85.9 Å². The van der Waals surface area contributed by atoms with Crippen LogP contribution in [-0.4, -0.2) is 64.7 Å². The number of hydrogen-bond donors (Lipinski definition) is 0. The summed E-state index contributed by atoms with van der Waals surface area (Å²) in [4.78, 5) is 45.3. The number of ether oxygens (including phenoxy) is 2. The number of rotatable bonds is 10. The highest BCUT2D eigenvalue weighted by atomic mass is 16.6. The van der Waals surface area contributed by atoms with Crippen LogP contribution in [0.3, 0.4) is 0 Å². The molecule has 0 bridgehead atoms. The van der Waals surface area contributed by atoms with E-state index in [1.165, 1.54) is 0 Å². The van der Waals surface area contributed by atoms with Crippen LogP contribution >= 0.6 is 0 Å². The standard InChI is InChI=1S/C39H51N5O5/c1-24(2)31-21-43(22-31)39(46)49-32-13-11-29(12-14-32)38(45)44(36-19-30(17-18-40-36)34-23-48-37(42-34)28-9-10-28)20-26-5-7-27(8-6-26)33-15-16-35(47-4)25(3)41-33/h15-19,23-24,26-29,31-32H,5-14,20-22H2,1-4H3/t26-,27-,29-,32-. The van der Waals surface area contributed by atoms with Crippen LogP contribution < -0.4 is 9.64 Å². The molecule has 7 rings (SSSR count). The first-order chi connectivity index (χ1) is 23.7. The number of anilines is 1. The number of amides is 2. The first kappa shape index (κ1) is 33.5. The van der Waals surface area contributed by atoms with Gasteiger partial charge in [0.1, 0.15) is 29.6 Å². The maximum absolute atomic E-state index is 14.4. The lowest BCUT2D eigenvalue weighted by atomic mass is 9.79. The Kier molecular flexibility index (Phi) is 9.92. The summed E-state index contributed by atoms with van der Waals surface area (Å²) in [5.74, 6) is 4.59. The minimum absolute atomic E-state index is 0.116. The fourth-order valence-corrected chi connectivity index (χ4v) is 7.82. The van der Waals surface area contributed by atoms with E-state index in [1.807, 2.05) is 34.9 Å². The first-order valence-corrected chi connectivity index (χ1v) is 18.5. The molecule has 3 aliphatic carbocycles. The zero-order valence-corrected chi connectivity index (χ0v) is 29.5. The molecule has 0 radical (unpaired) electrons. The number of methoxy groups -OCH3 is 1. The number of nitrogens with zero attached hydrogens (tertiary/aromatic N) is 5. The lowest BCUT2D eigenvalue weighted by Crippen LogP contribution is -2.52. The molecule has 2 amide bonds. The minimum Gasteiger partial charge on any atom is -0.495 e. The smallest absolute Gasteiger partial charge is 0.410 e. The van der Waals surface area contributed by atoms with Crippen molar-refractivity contribution < 1.29 is 23.5 Å². The van der Waals surface area contributed by atoms with Crippen molar-refractivity contribution in [3.63, 3.8) is 0 Å². The lowest BCUT2D eigenvalue weighted by Gasteiger charge is -2.41. The van der Waals surface area contributed by atoms with Crippen molar-refractivity contribution in [1.82, 2.24) is 19.9 Å². The van der Waals surface area contributed by atoms with Crippen LogP contribution in [0.2, 0.25) is 0 Å². The Labute approximate surface area is 290 Å². The van der Waals surface area contributed by atoms with Gasteiger partial charge in [0.05, 0.1) is 12.8 Å². The second-order valence-electron chi connectivity index (χ2n) is 15.2. The molecule has 3 aromatic rings. The zero-order valence-electron chi connectivity index (χ0n) is 29.5. The van der Waals surface area contributed by atoms with E-state index in [4.69, 9.17) is 28.8 Å². The van der Waals surface area contributed by atoms with Crippen LogP contribution in [0.4, 0.5) is 10.6 Å². The predicted molar refractivity (Wildman–Crippen MR) is 186 cm³/mol. The molecule has 0 aromatic carbocycles. The van der Waals surface area contributed by atoms with Gasteiger partial charge in [-0.25, -0.2) is 14.8 Å². The number of hydrogen-bond acceptors (Lipinski definition) is 8. The monoisotopic (exact) mass is 669 g/mol. The zero-order chi connectivity index (χ0) is 34.1. The molecular weight excluding hydrogens is 618 g/mol. The highest BCUT2D eigenvalue weighted by Gasteiger charge is 2.37. The second-order valence-corrected chi connectivity index (χ2v) is 15.2. The van der Waals surface area contributed by atoms with E-state index >= 15 is 0 Å². The average molecular weight is 670 g/mol. The van der Waals surface area contributed by atoms with Crippen molar-refractivity contribution in [2.75, 3.05) is 31.6 Å². The normalized spacial score (nSPS) is 24.4. The van der Waals surface area contributed by atoms with Crippen LogP contribution in [0.5, 0.6) is 5.75 Å². The molecule has 49 heavy (non-hydrogen) atoms. The van der Waals surface area contributed by atoms with Gasteiger partial charge in [-0.05, 0) is 113 Å². The quantitative estimate of drug-likeness (QED) is 0.214. The van der Waals surface area contributed by atoms with Crippen molar-refractivity contribution in [2.24, 2.45) is 23.7 Å². The summed E-state index contributed by atoms with van der Waals surface area (Å²) in [5.41, 5.74) is 3.74. The Morgan fingerprint density at radius 3 is 2.37 bits per heavy atom. The Morgan fingerprint density at radius 2 is 1.69 bits per heavy atom. The Balaban J connectivity index is 1.02. The molecule has 0 spiro atoms. The molecule has 0 N–H and O–H groups in total. The van der Waals surface area contributed by atoms with E-state index in [9.17, 15) is 9.59 Å². The summed E-state index contributed by atoms with van der Waals surface area (Å²) in [5, 5.41) is 0. The molecule has 10 nitrogen and oxygen atoms in total. The van der Waals surface area contributed by atoms with Crippen LogP contribution in [0.1, 0.15) is 107 Å². The highest BCUT2D eigenvalue weighted by Crippen LogP contribution is 2.41. The summed E-state index contributed by atoms with van der Waals surface area (Å²) in [6, 6.07) is 8.05. The summed E-state index contributed by atoms with van der Waals surface area (Å²) < 4.78 is 17.1. The summed E-state index contributed by atoms with van der Waals surface area (Å²) in [7, 11) is 1.68. The summed E-state index contributed by atoms with van der Waals surface area (Å²) in [6.07, 6.45) is 12.3. The van der Waals surface area contributed by atoms with E-state index in [2.05, 4.69) is 19.9 Å². The second kappa shape index (κ2) is 14.5. The summed E-state index contributed by atoms with van der Waals surface area (Å²) in [6.45, 7) is 8.58. The van der Waals surface area contributed by atoms with E-state index in [-0.39, 0.29) is 24.0 Å². The van der Waals surface area contributed by atoms with Gasteiger partial charge >= 0.3 is 6.09 Å². The predicted octanol–water partition coefficient (Wildman–Crippen LogP) is 7.92. The van der Waals surface area contributed by atoms with Gasteiger partial charge in [-0.2, -0.15) is 0 Å². The van der Waals surface area contributed by atoms with Gasteiger partial charge in [0.25, 0.3) is 0 Å². The van der Waals surface area contributed by atoms with Crippen molar-refractivity contribution in [3.05, 3.63) is 54.0 Å². The van der Waals surface area contributed by atoms with E-state index < -0.39 is 0 Å². The first-order valence-electron chi connectivity index (χ1n) is 18.5. The third-order valence-corrected chi connectivity index (χ3v) is 11.4. The van der Waals surface area contributed by atoms with Crippen LogP contribution in [0, 0.1) is 30.6 Å². The number of aryl methyl sites for hydroxylation is 1. The Morgan fingerprint density at radius 1 is 0.959 bits per heavy atom. The molecule has 4 aliphatic rings. The number of pyridine rings is 2. The molecule has 10 heteroatoms. The topological polar surface area (TPSA) is 111 Å². The molecule has 1 aliphatic heterocycles. The molecule has 4 fully saturated rings. The fraction of sp³-hybridized carbons (Fsp3) is 0.615. The SMILES string of the molecule is COc1ccc([C@H]2CC[C@H](CN(c3cc(-c4coc(C5CC5)n4)ccn3)C(=O)[C@H]3CC[C@H](OC(=O)N4CC(C(C)C)C4)CC3)CC2)nc1C. The molecule has 1 saturated heterocycles. The molecule has 4 heterocycles. The summed E-state index contributed by atoms with van der Waals surface area (Å²) >= 11 is 0. The van der Waals surface area contributed by atoms with Crippen molar-refractivity contribution in [3.8, 4) is 17.0 Å². The Bertz CT molecular complexity index is 1610. The van der Waals surface area contributed by atoms with Gasteiger partial charge in [-0.15, -0.1) is 0 Å².